The SMILES string of the molecule is COc1ccc(-c2noc3cc(O)ccc23)cc1. The summed E-state index contributed by atoms with van der Waals surface area (Å²) in [6.45, 7) is 0. The summed E-state index contributed by atoms with van der Waals surface area (Å²) in [6.07, 6.45) is 0. The van der Waals surface area contributed by atoms with Crippen LogP contribution in [0.25, 0.3) is 22.2 Å². The number of benzene rings is 2. The molecule has 4 heteroatoms. The second-order valence-corrected chi connectivity index (χ2v) is 3.94. The van der Waals surface area contributed by atoms with Crippen molar-refractivity contribution in [3.8, 4) is 22.8 Å². The largest absolute Gasteiger partial charge is 0.508 e. The standard InChI is InChI=1S/C14H11NO3/c1-17-11-5-2-9(3-6-11)14-12-7-4-10(16)8-13(12)18-15-14/h2-8,16H,1H3. The van der Waals surface area contributed by atoms with Crippen LogP contribution in [0.3, 0.4) is 0 Å². The Morgan fingerprint density at radius 3 is 2.61 bits per heavy atom. The maximum Gasteiger partial charge on any atom is 0.171 e. The summed E-state index contributed by atoms with van der Waals surface area (Å²) in [5.41, 5.74) is 2.27. The van der Waals surface area contributed by atoms with Gasteiger partial charge in [0.05, 0.1) is 7.11 Å². The second kappa shape index (κ2) is 4.07. The third kappa shape index (κ3) is 1.68. The quantitative estimate of drug-likeness (QED) is 0.748. The summed E-state index contributed by atoms with van der Waals surface area (Å²) in [5, 5.41) is 14.3. The highest BCUT2D eigenvalue weighted by Gasteiger charge is 2.10. The molecule has 4 nitrogen and oxygen atoms in total. The summed E-state index contributed by atoms with van der Waals surface area (Å²) in [5.74, 6) is 0.962. The van der Waals surface area contributed by atoms with Gasteiger partial charge >= 0.3 is 0 Å². The Balaban J connectivity index is 2.13. The number of methoxy groups -OCH3 is 1. The van der Waals surface area contributed by atoms with Crippen molar-refractivity contribution < 1.29 is 14.4 Å². The zero-order valence-electron chi connectivity index (χ0n) is 9.75. The molecule has 0 aliphatic rings. The van der Waals surface area contributed by atoms with Gasteiger partial charge in [0, 0.05) is 17.0 Å². The molecule has 1 heterocycles. The van der Waals surface area contributed by atoms with Crippen molar-refractivity contribution in [1.29, 1.82) is 0 Å². The number of hydrogen-bond acceptors (Lipinski definition) is 4. The van der Waals surface area contributed by atoms with E-state index in [0.29, 0.717) is 5.58 Å². The molecule has 0 aliphatic carbocycles. The molecule has 1 aromatic heterocycles. The number of aromatic nitrogens is 1. The molecular formula is C14H11NO3. The normalized spacial score (nSPS) is 10.7. The molecule has 0 spiro atoms. The fraction of sp³-hybridized carbons (Fsp3) is 0.0714. The molecule has 0 bridgehead atoms. The Kier molecular flexibility index (Phi) is 2.41. The Hall–Kier alpha value is -2.49. The molecule has 90 valence electrons. The van der Waals surface area contributed by atoms with Crippen LogP contribution >= 0.6 is 0 Å². The number of ether oxygens (including phenoxy) is 1. The van der Waals surface area contributed by atoms with Crippen molar-refractivity contribution in [2.75, 3.05) is 7.11 Å². The first-order chi connectivity index (χ1) is 8.78. The number of rotatable bonds is 2. The molecule has 0 atom stereocenters. The van der Waals surface area contributed by atoms with Crippen molar-refractivity contribution in [2.45, 2.75) is 0 Å². The van der Waals surface area contributed by atoms with Crippen molar-refractivity contribution in [2.24, 2.45) is 0 Å². The van der Waals surface area contributed by atoms with Gasteiger partial charge < -0.3 is 14.4 Å². The van der Waals surface area contributed by atoms with Crippen LogP contribution < -0.4 is 4.74 Å². The van der Waals surface area contributed by atoms with Crippen LogP contribution in [0.15, 0.2) is 47.0 Å². The van der Waals surface area contributed by atoms with Crippen LogP contribution in [0.5, 0.6) is 11.5 Å². The van der Waals surface area contributed by atoms with Crippen LogP contribution in [0.4, 0.5) is 0 Å². The average Bonchev–Trinajstić information content (AvgIpc) is 2.81. The first-order valence-electron chi connectivity index (χ1n) is 5.51. The lowest BCUT2D eigenvalue weighted by Crippen LogP contribution is -1.83. The third-order valence-electron chi connectivity index (χ3n) is 2.82. The molecule has 0 saturated carbocycles. The molecule has 3 aromatic rings. The zero-order chi connectivity index (χ0) is 12.5. The number of phenols is 1. The van der Waals surface area contributed by atoms with Crippen LogP contribution in [0, 0.1) is 0 Å². The first kappa shape index (κ1) is 10.7. The number of fused-ring (bicyclic) bond motifs is 1. The van der Waals surface area contributed by atoms with Crippen molar-refractivity contribution in [1.82, 2.24) is 5.16 Å². The van der Waals surface area contributed by atoms with Gasteiger partial charge in [0.2, 0.25) is 0 Å². The fourth-order valence-electron chi connectivity index (χ4n) is 1.88. The molecule has 0 unspecified atom stereocenters. The number of phenolic OH excluding ortho intramolecular Hbond substituents is 1. The van der Waals surface area contributed by atoms with Gasteiger partial charge in [-0.15, -0.1) is 0 Å². The summed E-state index contributed by atoms with van der Waals surface area (Å²) >= 11 is 0. The van der Waals surface area contributed by atoms with E-state index >= 15 is 0 Å². The molecule has 1 N–H and O–H groups in total. The van der Waals surface area contributed by atoms with E-state index in [2.05, 4.69) is 5.16 Å². The summed E-state index contributed by atoms with van der Waals surface area (Å²) in [4.78, 5) is 0. The lowest BCUT2D eigenvalue weighted by molar-refractivity contribution is 0.415. The second-order valence-electron chi connectivity index (χ2n) is 3.94. The van der Waals surface area contributed by atoms with E-state index in [4.69, 9.17) is 9.26 Å². The van der Waals surface area contributed by atoms with Crippen molar-refractivity contribution in [3.05, 3.63) is 42.5 Å². The zero-order valence-corrected chi connectivity index (χ0v) is 9.75. The van der Waals surface area contributed by atoms with E-state index in [9.17, 15) is 5.11 Å². The minimum atomic E-state index is 0.167. The smallest absolute Gasteiger partial charge is 0.171 e. The molecule has 2 aromatic carbocycles. The highest BCUT2D eigenvalue weighted by atomic mass is 16.5. The molecule has 0 radical (unpaired) electrons. The Morgan fingerprint density at radius 2 is 1.89 bits per heavy atom. The Bertz CT molecular complexity index is 686. The van der Waals surface area contributed by atoms with Gasteiger partial charge in [0.25, 0.3) is 0 Å². The summed E-state index contributed by atoms with van der Waals surface area (Å²) in [7, 11) is 1.63. The monoisotopic (exact) mass is 241 g/mol. The van der Waals surface area contributed by atoms with E-state index in [0.717, 1.165) is 22.4 Å². The number of nitrogens with zero attached hydrogens (tertiary/aromatic N) is 1. The van der Waals surface area contributed by atoms with E-state index in [1.165, 1.54) is 0 Å². The predicted molar refractivity (Wildman–Crippen MR) is 67.7 cm³/mol. The Labute approximate surface area is 103 Å². The lowest BCUT2D eigenvalue weighted by Gasteiger charge is -2.00. The predicted octanol–water partition coefficient (Wildman–Crippen LogP) is 3.21. The van der Waals surface area contributed by atoms with Gasteiger partial charge in [0.15, 0.2) is 5.58 Å². The average molecular weight is 241 g/mol. The number of aromatic hydroxyl groups is 1. The van der Waals surface area contributed by atoms with E-state index in [1.54, 1.807) is 25.3 Å². The van der Waals surface area contributed by atoms with Gasteiger partial charge in [-0.25, -0.2) is 0 Å². The van der Waals surface area contributed by atoms with Crippen LogP contribution in [0.1, 0.15) is 0 Å². The summed E-state index contributed by atoms with van der Waals surface area (Å²) < 4.78 is 10.3. The molecule has 0 fully saturated rings. The molecule has 18 heavy (non-hydrogen) atoms. The van der Waals surface area contributed by atoms with Gasteiger partial charge in [0.1, 0.15) is 17.2 Å². The highest BCUT2D eigenvalue weighted by molar-refractivity contribution is 5.92. The summed E-state index contributed by atoms with van der Waals surface area (Å²) in [6, 6.07) is 12.5. The Morgan fingerprint density at radius 1 is 1.11 bits per heavy atom. The van der Waals surface area contributed by atoms with Gasteiger partial charge in [-0.05, 0) is 36.4 Å². The van der Waals surface area contributed by atoms with E-state index in [-0.39, 0.29) is 5.75 Å². The highest BCUT2D eigenvalue weighted by Crippen LogP contribution is 2.30. The molecule has 0 aliphatic heterocycles. The third-order valence-corrected chi connectivity index (χ3v) is 2.82. The molecule has 0 saturated heterocycles. The van der Waals surface area contributed by atoms with Gasteiger partial charge in [-0.2, -0.15) is 0 Å². The molecule has 0 amide bonds. The fourth-order valence-corrected chi connectivity index (χ4v) is 1.88. The first-order valence-corrected chi connectivity index (χ1v) is 5.51. The lowest BCUT2D eigenvalue weighted by atomic mass is 10.1. The maximum absolute atomic E-state index is 9.37. The van der Waals surface area contributed by atoms with E-state index in [1.807, 2.05) is 24.3 Å². The van der Waals surface area contributed by atoms with E-state index < -0.39 is 0 Å². The van der Waals surface area contributed by atoms with Crippen molar-refractivity contribution in [3.63, 3.8) is 0 Å². The molecule has 3 rings (SSSR count). The van der Waals surface area contributed by atoms with Gasteiger partial charge in [-0.1, -0.05) is 5.16 Å². The maximum atomic E-state index is 9.37. The van der Waals surface area contributed by atoms with Crippen molar-refractivity contribution >= 4 is 11.0 Å². The minimum absolute atomic E-state index is 0.167. The number of hydrogen-bond donors (Lipinski definition) is 1. The topological polar surface area (TPSA) is 55.5 Å². The molecular weight excluding hydrogens is 230 g/mol. The van der Waals surface area contributed by atoms with Crippen LogP contribution in [-0.4, -0.2) is 17.4 Å². The van der Waals surface area contributed by atoms with Crippen LogP contribution in [0.2, 0.25) is 0 Å². The van der Waals surface area contributed by atoms with Gasteiger partial charge in [-0.3, -0.25) is 0 Å². The minimum Gasteiger partial charge on any atom is -0.508 e. The van der Waals surface area contributed by atoms with Crippen LogP contribution in [-0.2, 0) is 0 Å².